The Morgan fingerprint density at radius 3 is 2.61 bits per heavy atom. The van der Waals surface area contributed by atoms with Crippen LogP contribution in [0, 0.1) is 24.7 Å². The first-order valence-corrected chi connectivity index (χ1v) is 15.9. The number of allylic oxidation sites excluding steroid dienone is 1. The van der Waals surface area contributed by atoms with Crippen molar-refractivity contribution in [1.29, 1.82) is 0 Å². The van der Waals surface area contributed by atoms with Crippen molar-refractivity contribution < 1.29 is 32.3 Å². The Bertz CT molecular complexity index is 1360. The molecule has 0 unspecified atom stereocenters. The number of nitrogens with one attached hydrogen (secondary N) is 3. The van der Waals surface area contributed by atoms with Crippen molar-refractivity contribution in [2.75, 3.05) is 18.9 Å². The van der Waals surface area contributed by atoms with Gasteiger partial charge in [-0.15, -0.1) is 0 Å². The summed E-state index contributed by atoms with van der Waals surface area (Å²) in [7, 11) is -2.11. The molecule has 12 heteroatoms. The Labute approximate surface area is 240 Å². The predicted molar refractivity (Wildman–Crippen MR) is 151 cm³/mol. The average molecular weight is 587 g/mol. The van der Waals surface area contributed by atoms with Crippen LogP contribution in [0.25, 0.3) is 0 Å². The molecule has 3 saturated carbocycles. The Kier molecular flexibility index (Phi) is 8.13. The number of anilines is 1. The van der Waals surface area contributed by atoms with E-state index in [4.69, 9.17) is 4.74 Å². The van der Waals surface area contributed by atoms with Gasteiger partial charge in [0, 0.05) is 25.2 Å². The second-order valence-corrected chi connectivity index (χ2v) is 13.8. The van der Waals surface area contributed by atoms with Crippen molar-refractivity contribution in [2.24, 2.45) is 17.8 Å². The zero-order chi connectivity index (χ0) is 29.4. The van der Waals surface area contributed by atoms with Gasteiger partial charge in [-0.1, -0.05) is 24.3 Å². The Balaban J connectivity index is 1.34. The van der Waals surface area contributed by atoms with E-state index in [0.717, 1.165) is 24.8 Å². The van der Waals surface area contributed by atoms with Gasteiger partial charge in [-0.2, -0.15) is 0 Å². The average Bonchev–Trinajstić information content (AvgIpc) is 3.82. The van der Waals surface area contributed by atoms with E-state index >= 15 is 0 Å². The molecule has 5 rings (SSSR count). The van der Waals surface area contributed by atoms with E-state index in [2.05, 4.69) is 15.4 Å². The fourth-order valence-electron chi connectivity index (χ4n) is 5.91. The minimum atomic E-state index is -3.81. The summed E-state index contributed by atoms with van der Waals surface area (Å²) in [6.07, 6.45) is 6.34. The van der Waals surface area contributed by atoms with Crippen LogP contribution in [0.5, 0.6) is 0 Å². The summed E-state index contributed by atoms with van der Waals surface area (Å²) in [4.78, 5) is 54.8. The molecular weight excluding hydrogens is 548 g/mol. The third-order valence-corrected chi connectivity index (χ3v) is 10.4. The smallest absolute Gasteiger partial charge is 0.411 e. The van der Waals surface area contributed by atoms with Gasteiger partial charge in [0.25, 0.3) is 5.91 Å². The molecule has 3 N–H and O–H groups in total. The van der Waals surface area contributed by atoms with Crippen molar-refractivity contribution >= 4 is 39.5 Å². The van der Waals surface area contributed by atoms with Gasteiger partial charge in [-0.05, 0) is 76.0 Å². The van der Waals surface area contributed by atoms with E-state index in [1.54, 1.807) is 24.1 Å². The van der Waals surface area contributed by atoms with E-state index in [0.29, 0.717) is 25.1 Å². The zero-order valence-corrected chi connectivity index (χ0v) is 24.2. The molecule has 4 aliphatic rings. The number of hydrogen-bond acceptors (Lipinski definition) is 7. The first kappa shape index (κ1) is 29.1. The predicted octanol–water partition coefficient (Wildman–Crippen LogP) is 2.62. The van der Waals surface area contributed by atoms with E-state index in [1.165, 1.54) is 0 Å². The SMILES string of the molecule is Cc1cccc(NC(=O)O[C@@H]2C[C@@H]3C(=O)N[C@]4(C(=O)NS(=O)(=O)C5CC5)C[C@@H]4/C=C\CCCCN(C)C(=O)[C@H]3C2)c1. The molecule has 0 spiro atoms. The van der Waals surface area contributed by atoms with Gasteiger partial charge in [-0.25, -0.2) is 13.2 Å². The summed E-state index contributed by atoms with van der Waals surface area (Å²) in [5.41, 5.74) is 0.136. The fourth-order valence-corrected chi connectivity index (χ4v) is 7.28. The van der Waals surface area contributed by atoms with Gasteiger partial charge < -0.3 is 15.0 Å². The highest BCUT2D eigenvalue weighted by Gasteiger charge is 2.62. The van der Waals surface area contributed by atoms with Crippen LogP contribution in [-0.2, 0) is 29.1 Å². The van der Waals surface area contributed by atoms with E-state index in [9.17, 15) is 27.6 Å². The minimum absolute atomic E-state index is 0.107. The highest BCUT2D eigenvalue weighted by molar-refractivity contribution is 7.91. The number of sulfonamides is 1. The number of fused-ring (bicyclic) bond motifs is 2. The zero-order valence-electron chi connectivity index (χ0n) is 23.4. The summed E-state index contributed by atoms with van der Waals surface area (Å²) >= 11 is 0. The highest BCUT2D eigenvalue weighted by atomic mass is 32.2. The molecular formula is C29H38N4O7S. The van der Waals surface area contributed by atoms with Crippen LogP contribution in [0.4, 0.5) is 10.5 Å². The number of aryl methyl sites for hydroxylation is 1. The largest absolute Gasteiger partial charge is 0.446 e. The van der Waals surface area contributed by atoms with Crippen LogP contribution in [-0.4, -0.2) is 67.6 Å². The number of carbonyl (C=O) groups is 4. The van der Waals surface area contributed by atoms with Gasteiger partial charge in [0.05, 0.1) is 17.1 Å². The number of hydrogen-bond donors (Lipinski definition) is 3. The first-order chi connectivity index (χ1) is 19.5. The van der Waals surface area contributed by atoms with Gasteiger partial charge in [0.1, 0.15) is 11.6 Å². The summed E-state index contributed by atoms with van der Waals surface area (Å²) in [5, 5.41) is 4.95. The Morgan fingerprint density at radius 1 is 1.12 bits per heavy atom. The van der Waals surface area contributed by atoms with Gasteiger partial charge in [0.15, 0.2) is 0 Å². The third kappa shape index (κ3) is 6.58. The lowest BCUT2D eigenvalue weighted by Gasteiger charge is -2.26. The summed E-state index contributed by atoms with van der Waals surface area (Å²) in [6.45, 7) is 2.44. The number of carbonyl (C=O) groups excluding carboxylic acids is 4. The van der Waals surface area contributed by atoms with Gasteiger partial charge in [-0.3, -0.25) is 24.4 Å². The van der Waals surface area contributed by atoms with Crippen LogP contribution in [0.15, 0.2) is 36.4 Å². The van der Waals surface area contributed by atoms with Crippen LogP contribution in [0.2, 0.25) is 0 Å². The molecule has 0 radical (unpaired) electrons. The lowest BCUT2D eigenvalue weighted by molar-refractivity contribution is -0.140. The number of rotatable bonds is 5. The molecule has 0 saturated heterocycles. The van der Waals surface area contributed by atoms with E-state index in [-0.39, 0.29) is 31.1 Å². The topological polar surface area (TPSA) is 151 Å². The molecule has 41 heavy (non-hydrogen) atoms. The quantitative estimate of drug-likeness (QED) is 0.449. The highest BCUT2D eigenvalue weighted by Crippen LogP contribution is 2.47. The van der Waals surface area contributed by atoms with Crippen LogP contribution >= 0.6 is 0 Å². The Hall–Kier alpha value is -3.41. The molecule has 11 nitrogen and oxygen atoms in total. The maximum atomic E-state index is 13.7. The second kappa shape index (κ2) is 11.5. The Morgan fingerprint density at radius 2 is 1.88 bits per heavy atom. The van der Waals surface area contributed by atoms with Crippen LogP contribution in [0.3, 0.4) is 0 Å². The van der Waals surface area contributed by atoms with Crippen molar-refractivity contribution in [3.63, 3.8) is 0 Å². The monoisotopic (exact) mass is 586 g/mol. The maximum absolute atomic E-state index is 13.7. The van der Waals surface area contributed by atoms with Crippen LogP contribution in [0.1, 0.15) is 56.9 Å². The summed E-state index contributed by atoms with van der Waals surface area (Å²) < 4.78 is 32.9. The number of benzene rings is 1. The molecule has 5 atom stereocenters. The standard InChI is InChI=1S/C29H38N4O7S/c1-18-8-7-10-20(14-18)30-28(37)40-21-15-23-24(16-21)26(35)33(2)13-6-4-3-5-9-19-17-29(19,31-25(23)34)27(36)32-41(38,39)22-11-12-22/h5,7-10,14,19,21-24H,3-4,6,11-13,15-17H2,1-2H3,(H,30,37)(H,31,34)(H,32,36)/b9-5-/t19-,21+,23-,24-,29+/m0/s1. The van der Waals surface area contributed by atoms with Crippen LogP contribution < -0.4 is 15.4 Å². The number of amides is 4. The number of nitrogens with zero attached hydrogens (tertiary/aromatic N) is 1. The summed E-state index contributed by atoms with van der Waals surface area (Å²) in [6, 6.07) is 7.25. The van der Waals surface area contributed by atoms with E-state index < -0.39 is 56.7 Å². The second-order valence-electron chi connectivity index (χ2n) is 11.8. The van der Waals surface area contributed by atoms with Crippen molar-refractivity contribution in [3.8, 4) is 0 Å². The molecule has 3 fully saturated rings. The molecule has 1 aliphatic heterocycles. The third-order valence-electron chi connectivity index (χ3n) is 8.53. The summed E-state index contributed by atoms with van der Waals surface area (Å²) in [5.74, 6) is -3.43. The van der Waals surface area contributed by atoms with E-state index in [1.807, 2.05) is 31.2 Å². The molecule has 3 aliphatic carbocycles. The minimum Gasteiger partial charge on any atom is -0.446 e. The van der Waals surface area contributed by atoms with Gasteiger partial charge >= 0.3 is 6.09 Å². The van der Waals surface area contributed by atoms with Crippen molar-refractivity contribution in [2.45, 2.75) is 75.2 Å². The number of ether oxygens (including phenoxy) is 1. The fraction of sp³-hybridized carbons (Fsp3) is 0.586. The van der Waals surface area contributed by atoms with Gasteiger partial charge in [0.2, 0.25) is 21.8 Å². The molecule has 0 aromatic heterocycles. The molecule has 0 bridgehead atoms. The van der Waals surface area contributed by atoms with Crippen molar-refractivity contribution in [3.05, 3.63) is 42.0 Å². The maximum Gasteiger partial charge on any atom is 0.411 e. The lowest BCUT2D eigenvalue weighted by atomic mass is 9.93. The molecule has 222 valence electrons. The first-order valence-electron chi connectivity index (χ1n) is 14.3. The molecule has 1 aromatic carbocycles. The van der Waals surface area contributed by atoms with Crippen molar-refractivity contribution in [1.82, 2.24) is 14.9 Å². The molecule has 1 aromatic rings. The normalized spacial score (nSPS) is 31.1. The molecule has 1 heterocycles. The molecule has 4 amide bonds. The lowest BCUT2D eigenvalue weighted by Crippen LogP contribution is -2.54.